The Balaban J connectivity index is 1.87. The highest BCUT2D eigenvalue weighted by Gasteiger charge is 2.23. The van der Waals surface area contributed by atoms with Gasteiger partial charge in [0.05, 0.1) is 31.1 Å². The molecule has 0 bridgehead atoms. The fraction of sp³-hybridized carbons (Fsp3) is 0.400. The van der Waals surface area contributed by atoms with Crippen LogP contribution >= 0.6 is 11.6 Å². The second kappa shape index (κ2) is 7.40. The Hall–Kier alpha value is -2.13. The molecule has 1 N–H and O–H groups in total. The molecule has 6 nitrogen and oxygen atoms in total. The molecule has 25 heavy (non-hydrogen) atoms. The maximum atomic E-state index is 14.8. The molecule has 1 saturated heterocycles. The maximum Gasteiger partial charge on any atom is 0.226 e. The number of anilines is 2. The van der Waals surface area contributed by atoms with E-state index in [0.29, 0.717) is 32.4 Å². The monoisotopic (exact) mass is 373 g/mol. The zero-order valence-electron chi connectivity index (χ0n) is 13.3. The van der Waals surface area contributed by atoms with Gasteiger partial charge in [-0.1, -0.05) is 0 Å². The summed E-state index contributed by atoms with van der Waals surface area (Å²) in [6.07, 6.45) is 0.888. The van der Waals surface area contributed by atoms with Crippen molar-refractivity contribution in [2.45, 2.75) is 13.0 Å². The number of ether oxygens (including phenoxy) is 1. The summed E-state index contributed by atoms with van der Waals surface area (Å²) in [6.45, 7) is 3.38. The van der Waals surface area contributed by atoms with Crippen LogP contribution in [0.15, 0.2) is 12.3 Å². The first-order valence-corrected chi connectivity index (χ1v) is 7.96. The lowest BCUT2D eigenvalue weighted by Gasteiger charge is -2.28. The lowest BCUT2D eigenvalue weighted by atomic mass is 10.2. The Kier molecular flexibility index (Phi) is 5.24. The van der Waals surface area contributed by atoms with E-state index in [0.717, 1.165) is 6.20 Å². The van der Waals surface area contributed by atoms with E-state index in [4.69, 9.17) is 16.3 Å². The molecular formula is C15H15ClF3N5O. The smallest absolute Gasteiger partial charge is 0.226 e. The lowest BCUT2D eigenvalue weighted by Crippen LogP contribution is -2.37. The van der Waals surface area contributed by atoms with Crippen LogP contribution in [0.5, 0.6) is 0 Å². The molecule has 1 atom stereocenters. The number of pyridine rings is 1. The minimum atomic E-state index is -0.839. The van der Waals surface area contributed by atoms with Crippen LogP contribution in [0.1, 0.15) is 18.7 Å². The maximum absolute atomic E-state index is 14.8. The van der Waals surface area contributed by atoms with Gasteiger partial charge in [0, 0.05) is 19.2 Å². The molecule has 0 saturated carbocycles. The number of rotatable bonds is 4. The van der Waals surface area contributed by atoms with Crippen molar-refractivity contribution in [2.75, 3.05) is 36.5 Å². The summed E-state index contributed by atoms with van der Waals surface area (Å²) in [5.41, 5.74) is -0.0662. The summed E-state index contributed by atoms with van der Waals surface area (Å²) in [4.78, 5) is 13.2. The van der Waals surface area contributed by atoms with Crippen molar-refractivity contribution in [1.29, 1.82) is 0 Å². The highest BCUT2D eigenvalue weighted by Crippen LogP contribution is 2.28. The van der Waals surface area contributed by atoms with E-state index in [2.05, 4.69) is 20.3 Å². The largest absolute Gasteiger partial charge is 0.378 e. The Morgan fingerprint density at radius 1 is 1.24 bits per heavy atom. The quantitative estimate of drug-likeness (QED) is 0.831. The fourth-order valence-corrected chi connectivity index (χ4v) is 2.67. The highest BCUT2D eigenvalue weighted by molar-refractivity contribution is 6.28. The second-order valence-electron chi connectivity index (χ2n) is 5.46. The molecule has 1 aliphatic heterocycles. The van der Waals surface area contributed by atoms with Gasteiger partial charge in [-0.2, -0.15) is 14.4 Å². The molecule has 2 aromatic rings. The average Bonchev–Trinajstić information content (AvgIpc) is 2.58. The molecule has 10 heteroatoms. The topological polar surface area (TPSA) is 63.2 Å². The Bertz CT molecular complexity index is 773. The fourth-order valence-electron chi connectivity index (χ4n) is 2.51. The third-order valence-electron chi connectivity index (χ3n) is 3.72. The molecule has 3 rings (SSSR count). The van der Waals surface area contributed by atoms with Crippen LogP contribution in [0.3, 0.4) is 0 Å². The third-order valence-corrected chi connectivity index (χ3v) is 3.89. The summed E-state index contributed by atoms with van der Waals surface area (Å²) in [6, 6.07) is -0.0539. The van der Waals surface area contributed by atoms with E-state index in [1.165, 1.54) is 0 Å². The highest BCUT2D eigenvalue weighted by atomic mass is 35.5. The van der Waals surface area contributed by atoms with Crippen molar-refractivity contribution < 1.29 is 17.9 Å². The lowest BCUT2D eigenvalue weighted by molar-refractivity contribution is 0.122. The molecule has 0 aromatic carbocycles. The summed E-state index contributed by atoms with van der Waals surface area (Å²) < 4.78 is 46.8. The minimum Gasteiger partial charge on any atom is -0.378 e. The molecule has 0 amide bonds. The van der Waals surface area contributed by atoms with Crippen LogP contribution in [0.2, 0.25) is 5.28 Å². The first-order chi connectivity index (χ1) is 12.0. The summed E-state index contributed by atoms with van der Waals surface area (Å²) in [7, 11) is 0. The van der Waals surface area contributed by atoms with Crippen molar-refractivity contribution in [3.05, 3.63) is 40.7 Å². The molecule has 0 radical (unpaired) electrons. The number of hydrogen-bond acceptors (Lipinski definition) is 6. The van der Waals surface area contributed by atoms with Gasteiger partial charge >= 0.3 is 0 Å². The molecule has 0 spiro atoms. The molecule has 2 aromatic heterocycles. The van der Waals surface area contributed by atoms with Crippen molar-refractivity contribution >= 4 is 23.2 Å². The SMILES string of the molecule is CC(Nc1nc(Cl)nc(N2CCOCC2)c1F)c1ncc(F)cc1F. The van der Waals surface area contributed by atoms with E-state index < -0.39 is 23.5 Å². The molecule has 1 unspecified atom stereocenters. The van der Waals surface area contributed by atoms with E-state index in [1.807, 2.05) is 0 Å². The van der Waals surface area contributed by atoms with Crippen molar-refractivity contribution in [2.24, 2.45) is 0 Å². The average molecular weight is 374 g/mol. The van der Waals surface area contributed by atoms with Crippen LogP contribution in [0.25, 0.3) is 0 Å². The van der Waals surface area contributed by atoms with Gasteiger partial charge in [-0.15, -0.1) is 0 Å². The Morgan fingerprint density at radius 3 is 2.64 bits per heavy atom. The number of nitrogens with zero attached hydrogens (tertiary/aromatic N) is 4. The van der Waals surface area contributed by atoms with Crippen LogP contribution in [0.4, 0.5) is 24.8 Å². The van der Waals surface area contributed by atoms with Gasteiger partial charge in [-0.3, -0.25) is 4.98 Å². The number of aromatic nitrogens is 3. The molecule has 1 fully saturated rings. The van der Waals surface area contributed by atoms with E-state index in [-0.39, 0.29) is 22.6 Å². The van der Waals surface area contributed by atoms with E-state index in [1.54, 1.807) is 11.8 Å². The van der Waals surface area contributed by atoms with Crippen molar-refractivity contribution in [1.82, 2.24) is 15.0 Å². The Labute approximate surface area is 147 Å². The predicted molar refractivity (Wildman–Crippen MR) is 86.2 cm³/mol. The van der Waals surface area contributed by atoms with Crippen LogP contribution in [-0.4, -0.2) is 41.3 Å². The molecule has 1 aliphatic rings. The van der Waals surface area contributed by atoms with Gasteiger partial charge in [0.2, 0.25) is 11.1 Å². The minimum absolute atomic E-state index is 0.0468. The molecule has 3 heterocycles. The van der Waals surface area contributed by atoms with Gasteiger partial charge in [0.25, 0.3) is 0 Å². The first-order valence-electron chi connectivity index (χ1n) is 7.59. The van der Waals surface area contributed by atoms with Crippen molar-refractivity contribution in [3.8, 4) is 0 Å². The number of morpholine rings is 1. The summed E-state index contributed by atoms with van der Waals surface area (Å²) in [5.74, 6) is -2.47. The standard InChI is InChI=1S/C15H15ClF3N5O/c1-8(12-10(18)6-9(17)7-20-12)21-13-11(19)14(23-15(16)22-13)24-2-4-25-5-3-24/h6-8H,2-5H2,1H3,(H,21,22,23). The molecule has 134 valence electrons. The summed E-state index contributed by atoms with van der Waals surface area (Å²) >= 11 is 5.90. The first kappa shape index (κ1) is 17.7. The van der Waals surface area contributed by atoms with Gasteiger partial charge < -0.3 is 15.0 Å². The van der Waals surface area contributed by atoms with Crippen LogP contribution in [-0.2, 0) is 4.74 Å². The Morgan fingerprint density at radius 2 is 1.96 bits per heavy atom. The number of hydrogen-bond donors (Lipinski definition) is 1. The number of halogens is 4. The van der Waals surface area contributed by atoms with E-state index in [9.17, 15) is 13.2 Å². The molecular weight excluding hydrogens is 359 g/mol. The normalized spacial score (nSPS) is 16.0. The zero-order valence-corrected chi connectivity index (χ0v) is 14.0. The van der Waals surface area contributed by atoms with Gasteiger partial charge in [-0.05, 0) is 18.5 Å². The van der Waals surface area contributed by atoms with Crippen LogP contribution in [0, 0.1) is 17.5 Å². The van der Waals surface area contributed by atoms with Crippen LogP contribution < -0.4 is 10.2 Å². The number of nitrogens with one attached hydrogen (secondary N) is 1. The molecule has 0 aliphatic carbocycles. The van der Waals surface area contributed by atoms with Crippen molar-refractivity contribution in [3.63, 3.8) is 0 Å². The zero-order chi connectivity index (χ0) is 18.0. The summed E-state index contributed by atoms with van der Waals surface area (Å²) in [5, 5.41) is 2.57. The van der Waals surface area contributed by atoms with Gasteiger partial charge in [0.15, 0.2) is 11.6 Å². The van der Waals surface area contributed by atoms with Gasteiger partial charge in [-0.25, -0.2) is 8.78 Å². The third kappa shape index (κ3) is 3.93. The second-order valence-corrected chi connectivity index (χ2v) is 5.80. The van der Waals surface area contributed by atoms with E-state index >= 15 is 0 Å². The van der Waals surface area contributed by atoms with Gasteiger partial charge in [0.1, 0.15) is 11.6 Å². The predicted octanol–water partition coefficient (Wildman–Crippen LogP) is 2.95.